The molecule has 0 bridgehead atoms. The third-order valence-electron chi connectivity index (χ3n) is 2.90. The monoisotopic (exact) mass is 273 g/mol. The van der Waals surface area contributed by atoms with Gasteiger partial charge in [0.1, 0.15) is 11.5 Å². The van der Waals surface area contributed by atoms with Crippen molar-refractivity contribution in [3.05, 3.63) is 23.4 Å². The van der Waals surface area contributed by atoms with E-state index in [0.29, 0.717) is 12.5 Å². The Morgan fingerprint density at radius 2 is 2.11 bits per heavy atom. The number of nitrogens with zero attached hydrogens (tertiary/aromatic N) is 1. The molecule has 0 radical (unpaired) electrons. The lowest BCUT2D eigenvalue weighted by Crippen LogP contribution is -2.17. The van der Waals surface area contributed by atoms with Crippen molar-refractivity contribution in [3.8, 4) is 5.88 Å². The van der Waals surface area contributed by atoms with Crippen LogP contribution in [0.15, 0.2) is 12.1 Å². The van der Waals surface area contributed by atoms with Crippen LogP contribution in [0.25, 0.3) is 0 Å². The van der Waals surface area contributed by atoms with E-state index in [4.69, 9.17) is 15.9 Å². The van der Waals surface area contributed by atoms with Crippen molar-refractivity contribution >= 4 is 5.84 Å². The number of halogens is 3. The van der Waals surface area contributed by atoms with Gasteiger partial charge in [-0.05, 0) is 24.5 Å². The first-order chi connectivity index (χ1) is 8.88. The molecule has 104 valence electrons. The van der Waals surface area contributed by atoms with Crippen LogP contribution in [0.5, 0.6) is 5.88 Å². The number of aromatic nitrogens is 1. The number of ether oxygens (including phenoxy) is 1. The van der Waals surface area contributed by atoms with E-state index in [0.717, 1.165) is 31.4 Å². The zero-order valence-corrected chi connectivity index (χ0v) is 10.1. The van der Waals surface area contributed by atoms with Crippen LogP contribution in [-0.2, 0) is 6.18 Å². The van der Waals surface area contributed by atoms with Gasteiger partial charge in [0, 0.05) is 0 Å². The first-order valence-corrected chi connectivity index (χ1v) is 5.93. The molecular formula is C12H14F3N3O. The predicted molar refractivity (Wildman–Crippen MR) is 63.1 cm³/mol. The fourth-order valence-electron chi connectivity index (χ4n) is 1.64. The maximum atomic E-state index is 12.6. The van der Waals surface area contributed by atoms with Gasteiger partial charge in [-0.3, -0.25) is 5.41 Å². The summed E-state index contributed by atoms with van der Waals surface area (Å²) in [5, 5.41) is 7.31. The average Bonchev–Trinajstić information content (AvgIpc) is 3.11. The Kier molecular flexibility index (Phi) is 3.64. The summed E-state index contributed by atoms with van der Waals surface area (Å²) >= 11 is 0. The molecular weight excluding hydrogens is 259 g/mol. The van der Waals surface area contributed by atoms with Gasteiger partial charge >= 0.3 is 6.18 Å². The summed E-state index contributed by atoms with van der Waals surface area (Å²) in [5.74, 6) is 0.0252. The fraction of sp³-hybridized carbons (Fsp3) is 0.500. The second-order valence-electron chi connectivity index (χ2n) is 4.54. The molecule has 1 aliphatic rings. The highest BCUT2D eigenvalue weighted by Gasteiger charge is 2.33. The third-order valence-corrected chi connectivity index (χ3v) is 2.90. The van der Waals surface area contributed by atoms with E-state index in [1.165, 1.54) is 0 Å². The summed E-state index contributed by atoms with van der Waals surface area (Å²) in [5.41, 5.74) is 4.34. The molecule has 19 heavy (non-hydrogen) atoms. The van der Waals surface area contributed by atoms with Gasteiger partial charge in [0.25, 0.3) is 0 Å². The molecule has 0 spiro atoms. The lowest BCUT2D eigenvalue weighted by atomic mass is 10.2. The standard InChI is InChI=1S/C12H14F3N3O/c13-12(14,15)9-4-3-8(10(16)17)11(18-9)19-6-5-7-1-2-7/h3-4,7H,1-2,5-6H2,(H3,16,17). The van der Waals surface area contributed by atoms with Gasteiger partial charge in [-0.2, -0.15) is 13.2 Å². The quantitative estimate of drug-likeness (QED) is 0.639. The van der Waals surface area contributed by atoms with Crippen molar-refractivity contribution in [2.45, 2.75) is 25.4 Å². The molecule has 0 aromatic carbocycles. The molecule has 7 heteroatoms. The molecule has 1 saturated carbocycles. The SMILES string of the molecule is N=C(N)c1ccc(C(F)(F)F)nc1OCCC1CC1. The normalized spacial score (nSPS) is 15.3. The molecule has 0 saturated heterocycles. The number of alkyl halides is 3. The molecule has 1 fully saturated rings. The van der Waals surface area contributed by atoms with Crippen molar-refractivity contribution in [1.82, 2.24) is 4.98 Å². The minimum Gasteiger partial charge on any atom is -0.477 e. The van der Waals surface area contributed by atoms with Crippen molar-refractivity contribution in [2.24, 2.45) is 11.7 Å². The Balaban J connectivity index is 2.16. The van der Waals surface area contributed by atoms with Gasteiger partial charge < -0.3 is 10.5 Å². The lowest BCUT2D eigenvalue weighted by Gasteiger charge is -2.12. The largest absolute Gasteiger partial charge is 0.477 e. The third kappa shape index (κ3) is 3.59. The maximum absolute atomic E-state index is 12.6. The second kappa shape index (κ2) is 5.07. The van der Waals surface area contributed by atoms with Crippen LogP contribution in [0.4, 0.5) is 13.2 Å². The summed E-state index contributed by atoms with van der Waals surface area (Å²) in [7, 11) is 0. The van der Waals surface area contributed by atoms with Crippen LogP contribution < -0.4 is 10.5 Å². The van der Waals surface area contributed by atoms with E-state index in [-0.39, 0.29) is 17.3 Å². The van der Waals surface area contributed by atoms with Crippen molar-refractivity contribution in [3.63, 3.8) is 0 Å². The molecule has 1 aromatic rings. The first kappa shape index (κ1) is 13.6. The smallest absolute Gasteiger partial charge is 0.433 e. The van der Waals surface area contributed by atoms with Crippen molar-refractivity contribution < 1.29 is 17.9 Å². The van der Waals surface area contributed by atoms with Crippen LogP contribution in [0.2, 0.25) is 0 Å². The minimum atomic E-state index is -4.54. The van der Waals surface area contributed by atoms with Gasteiger partial charge in [-0.25, -0.2) is 4.98 Å². The van der Waals surface area contributed by atoms with E-state index in [1.54, 1.807) is 0 Å². The molecule has 1 aliphatic carbocycles. The molecule has 2 rings (SSSR count). The number of nitrogens with two attached hydrogens (primary N) is 1. The highest BCUT2D eigenvalue weighted by molar-refractivity contribution is 5.97. The summed E-state index contributed by atoms with van der Waals surface area (Å²) in [4.78, 5) is 3.41. The number of amidine groups is 1. The molecule has 1 heterocycles. The average molecular weight is 273 g/mol. The van der Waals surface area contributed by atoms with E-state index >= 15 is 0 Å². The Morgan fingerprint density at radius 3 is 2.63 bits per heavy atom. The van der Waals surface area contributed by atoms with Gasteiger partial charge in [-0.15, -0.1) is 0 Å². The van der Waals surface area contributed by atoms with E-state index < -0.39 is 11.9 Å². The molecule has 3 N–H and O–H groups in total. The van der Waals surface area contributed by atoms with E-state index in [1.807, 2.05) is 0 Å². The van der Waals surface area contributed by atoms with Crippen molar-refractivity contribution in [2.75, 3.05) is 6.61 Å². The topological polar surface area (TPSA) is 72.0 Å². The van der Waals surface area contributed by atoms with Crippen LogP contribution in [-0.4, -0.2) is 17.4 Å². The minimum absolute atomic E-state index is 0.0868. The number of hydrogen-bond acceptors (Lipinski definition) is 3. The first-order valence-electron chi connectivity index (χ1n) is 5.93. The Bertz CT molecular complexity index is 484. The Morgan fingerprint density at radius 1 is 1.42 bits per heavy atom. The zero-order chi connectivity index (χ0) is 14.0. The number of nitrogen functional groups attached to an aromatic ring is 1. The van der Waals surface area contributed by atoms with Crippen LogP contribution in [0.1, 0.15) is 30.5 Å². The summed E-state index contributed by atoms with van der Waals surface area (Å²) in [6, 6.07) is 1.91. The summed E-state index contributed by atoms with van der Waals surface area (Å²) in [6.45, 7) is 0.291. The Labute approximate surface area is 108 Å². The molecule has 4 nitrogen and oxygen atoms in total. The molecule has 0 amide bonds. The van der Waals surface area contributed by atoms with Crippen LogP contribution >= 0.6 is 0 Å². The number of pyridine rings is 1. The van der Waals surface area contributed by atoms with Crippen LogP contribution in [0, 0.1) is 11.3 Å². The lowest BCUT2D eigenvalue weighted by molar-refractivity contribution is -0.141. The highest BCUT2D eigenvalue weighted by Crippen LogP contribution is 2.33. The second-order valence-corrected chi connectivity index (χ2v) is 4.54. The number of rotatable bonds is 5. The maximum Gasteiger partial charge on any atom is 0.433 e. The number of hydrogen-bond donors (Lipinski definition) is 2. The van der Waals surface area contributed by atoms with Gasteiger partial charge in [0.2, 0.25) is 5.88 Å². The van der Waals surface area contributed by atoms with Gasteiger partial charge in [0.15, 0.2) is 0 Å². The number of nitrogens with one attached hydrogen (secondary N) is 1. The molecule has 0 aliphatic heterocycles. The Hall–Kier alpha value is -1.79. The molecule has 0 atom stereocenters. The van der Waals surface area contributed by atoms with Gasteiger partial charge in [0.05, 0.1) is 12.2 Å². The van der Waals surface area contributed by atoms with Crippen LogP contribution in [0.3, 0.4) is 0 Å². The summed E-state index contributed by atoms with van der Waals surface area (Å²) in [6.07, 6.45) is -1.48. The summed E-state index contributed by atoms with van der Waals surface area (Å²) < 4.78 is 42.9. The van der Waals surface area contributed by atoms with E-state index in [9.17, 15) is 13.2 Å². The highest BCUT2D eigenvalue weighted by atomic mass is 19.4. The van der Waals surface area contributed by atoms with Gasteiger partial charge in [-0.1, -0.05) is 12.8 Å². The van der Waals surface area contributed by atoms with Crippen molar-refractivity contribution in [1.29, 1.82) is 5.41 Å². The predicted octanol–water partition coefficient (Wildman–Crippen LogP) is 2.56. The fourth-order valence-corrected chi connectivity index (χ4v) is 1.64. The molecule has 0 unspecified atom stereocenters. The molecule has 1 aromatic heterocycles. The zero-order valence-electron chi connectivity index (χ0n) is 10.1. The van der Waals surface area contributed by atoms with E-state index in [2.05, 4.69) is 4.98 Å².